The van der Waals surface area contributed by atoms with Crippen LogP contribution in [0.1, 0.15) is 25.6 Å². The number of aromatic nitrogens is 2. The highest BCUT2D eigenvalue weighted by Crippen LogP contribution is 2.30. The molecule has 2 aromatic heterocycles. The molecule has 6 nitrogen and oxygen atoms in total. The standard InChI is InChI=1S/C20H15ClN4O2S/c1-11-4-2-3-5-14(11)18(26)23-17-15-10-16(28-20(15)25-24-17)19(27)22-13-8-6-12(21)7-9-13/h2-10H,1H3,(H,22,27)(H2,23,24,25,26). The van der Waals surface area contributed by atoms with E-state index in [0.29, 0.717) is 37.2 Å². The maximum atomic E-state index is 12.5. The van der Waals surface area contributed by atoms with E-state index in [1.807, 2.05) is 25.1 Å². The number of hydrogen-bond acceptors (Lipinski definition) is 4. The Balaban J connectivity index is 1.55. The van der Waals surface area contributed by atoms with Crippen LogP contribution in [0, 0.1) is 6.92 Å². The van der Waals surface area contributed by atoms with Crippen LogP contribution in [0.4, 0.5) is 11.5 Å². The normalized spacial score (nSPS) is 10.8. The van der Waals surface area contributed by atoms with Crippen molar-refractivity contribution in [3.63, 3.8) is 0 Å². The highest BCUT2D eigenvalue weighted by atomic mass is 35.5. The number of thiophene rings is 1. The van der Waals surface area contributed by atoms with Gasteiger partial charge in [-0.1, -0.05) is 29.8 Å². The van der Waals surface area contributed by atoms with Gasteiger partial charge in [0.15, 0.2) is 0 Å². The summed E-state index contributed by atoms with van der Waals surface area (Å²) in [6.45, 7) is 1.88. The second-order valence-corrected chi connectivity index (χ2v) is 7.63. The monoisotopic (exact) mass is 410 g/mol. The molecule has 28 heavy (non-hydrogen) atoms. The molecule has 4 rings (SSSR count). The summed E-state index contributed by atoms with van der Waals surface area (Å²) in [6, 6.07) is 15.9. The first-order chi connectivity index (χ1) is 13.5. The molecular formula is C20H15ClN4O2S. The van der Waals surface area contributed by atoms with E-state index in [1.54, 1.807) is 36.4 Å². The molecule has 2 heterocycles. The molecule has 4 aromatic rings. The molecular weight excluding hydrogens is 396 g/mol. The molecule has 0 radical (unpaired) electrons. The van der Waals surface area contributed by atoms with Gasteiger partial charge in [-0.15, -0.1) is 11.3 Å². The van der Waals surface area contributed by atoms with Crippen molar-refractivity contribution >= 4 is 56.5 Å². The van der Waals surface area contributed by atoms with Crippen LogP contribution in [0.5, 0.6) is 0 Å². The van der Waals surface area contributed by atoms with Crippen molar-refractivity contribution in [2.24, 2.45) is 0 Å². The summed E-state index contributed by atoms with van der Waals surface area (Å²) < 4.78 is 0. The van der Waals surface area contributed by atoms with Gasteiger partial charge in [-0.3, -0.25) is 14.7 Å². The fourth-order valence-corrected chi connectivity index (χ4v) is 3.77. The van der Waals surface area contributed by atoms with Crippen molar-refractivity contribution in [1.82, 2.24) is 10.2 Å². The zero-order valence-electron chi connectivity index (χ0n) is 14.7. The van der Waals surface area contributed by atoms with E-state index < -0.39 is 0 Å². The highest BCUT2D eigenvalue weighted by molar-refractivity contribution is 7.20. The minimum atomic E-state index is -0.249. The van der Waals surface area contributed by atoms with Gasteiger partial charge in [-0.25, -0.2) is 0 Å². The van der Waals surface area contributed by atoms with E-state index in [1.165, 1.54) is 11.3 Å². The third-order valence-corrected chi connectivity index (χ3v) is 5.48. The van der Waals surface area contributed by atoms with Crippen molar-refractivity contribution in [3.05, 3.63) is 75.6 Å². The molecule has 0 fully saturated rings. The number of aryl methyl sites for hydroxylation is 1. The summed E-state index contributed by atoms with van der Waals surface area (Å²) in [4.78, 5) is 26.2. The smallest absolute Gasteiger partial charge is 0.265 e. The number of halogens is 1. The lowest BCUT2D eigenvalue weighted by atomic mass is 10.1. The Kier molecular flexibility index (Phi) is 4.85. The van der Waals surface area contributed by atoms with E-state index >= 15 is 0 Å². The molecule has 2 aromatic carbocycles. The van der Waals surface area contributed by atoms with Gasteiger partial charge >= 0.3 is 0 Å². The average molecular weight is 411 g/mol. The number of H-pyrrole nitrogens is 1. The number of rotatable bonds is 4. The van der Waals surface area contributed by atoms with Gasteiger partial charge in [0.25, 0.3) is 11.8 Å². The number of anilines is 2. The van der Waals surface area contributed by atoms with Crippen LogP contribution < -0.4 is 10.6 Å². The molecule has 0 saturated heterocycles. The molecule has 8 heteroatoms. The van der Waals surface area contributed by atoms with Crippen molar-refractivity contribution in [1.29, 1.82) is 0 Å². The molecule has 3 N–H and O–H groups in total. The van der Waals surface area contributed by atoms with Crippen molar-refractivity contribution in [2.75, 3.05) is 10.6 Å². The van der Waals surface area contributed by atoms with Gasteiger partial charge in [-0.05, 0) is 48.9 Å². The van der Waals surface area contributed by atoms with Crippen LogP contribution in [-0.4, -0.2) is 22.0 Å². The van der Waals surface area contributed by atoms with Gasteiger partial charge in [0.1, 0.15) is 10.6 Å². The highest BCUT2D eigenvalue weighted by Gasteiger charge is 2.17. The summed E-state index contributed by atoms with van der Waals surface area (Å²) in [5, 5.41) is 13.9. The summed E-state index contributed by atoms with van der Waals surface area (Å²) in [7, 11) is 0. The fourth-order valence-electron chi connectivity index (χ4n) is 2.75. The second kappa shape index (κ2) is 7.46. The van der Waals surface area contributed by atoms with E-state index in [2.05, 4.69) is 20.8 Å². The van der Waals surface area contributed by atoms with E-state index in [9.17, 15) is 9.59 Å². The topological polar surface area (TPSA) is 86.9 Å². The zero-order valence-corrected chi connectivity index (χ0v) is 16.3. The maximum absolute atomic E-state index is 12.5. The largest absolute Gasteiger partial charge is 0.321 e. The van der Waals surface area contributed by atoms with Crippen LogP contribution in [-0.2, 0) is 0 Å². The lowest BCUT2D eigenvalue weighted by molar-refractivity contribution is 0.102. The van der Waals surface area contributed by atoms with Crippen molar-refractivity contribution in [2.45, 2.75) is 6.92 Å². The lowest BCUT2D eigenvalue weighted by Crippen LogP contribution is -2.13. The first-order valence-electron chi connectivity index (χ1n) is 8.43. The Morgan fingerprint density at radius 2 is 1.79 bits per heavy atom. The number of carbonyl (C=O) groups is 2. The second-order valence-electron chi connectivity index (χ2n) is 6.16. The molecule has 0 aliphatic rings. The number of amides is 2. The summed E-state index contributed by atoms with van der Waals surface area (Å²) in [5.41, 5.74) is 2.11. The fraction of sp³-hybridized carbons (Fsp3) is 0.0500. The van der Waals surface area contributed by atoms with Crippen LogP contribution in [0.25, 0.3) is 10.2 Å². The van der Waals surface area contributed by atoms with Gasteiger partial charge in [0, 0.05) is 16.3 Å². The number of nitrogens with zero attached hydrogens (tertiary/aromatic N) is 1. The van der Waals surface area contributed by atoms with Crippen LogP contribution in [0.2, 0.25) is 5.02 Å². The lowest BCUT2D eigenvalue weighted by Gasteiger charge is -2.05. The van der Waals surface area contributed by atoms with Crippen LogP contribution in [0.3, 0.4) is 0 Å². The number of carbonyl (C=O) groups excluding carboxylic acids is 2. The molecule has 0 unspecified atom stereocenters. The number of hydrogen-bond donors (Lipinski definition) is 3. The van der Waals surface area contributed by atoms with E-state index in [4.69, 9.17) is 11.6 Å². The van der Waals surface area contributed by atoms with Crippen LogP contribution in [0.15, 0.2) is 54.6 Å². The predicted molar refractivity (Wildman–Crippen MR) is 113 cm³/mol. The zero-order chi connectivity index (χ0) is 19.7. The van der Waals surface area contributed by atoms with E-state index in [-0.39, 0.29) is 11.8 Å². The first kappa shape index (κ1) is 18.2. The predicted octanol–water partition coefficient (Wildman–Crippen LogP) is 5.09. The quantitative estimate of drug-likeness (QED) is 0.438. The molecule has 0 bridgehead atoms. The number of benzene rings is 2. The van der Waals surface area contributed by atoms with Gasteiger partial charge in [0.2, 0.25) is 0 Å². The SMILES string of the molecule is Cc1ccccc1C(=O)Nc1[nH]nc2sc(C(=O)Nc3ccc(Cl)cc3)cc12. The van der Waals surface area contributed by atoms with Crippen molar-refractivity contribution in [3.8, 4) is 0 Å². The molecule has 0 atom stereocenters. The molecule has 140 valence electrons. The maximum Gasteiger partial charge on any atom is 0.265 e. The minimum Gasteiger partial charge on any atom is -0.321 e. The third kappa shape index (κ3) is 3.62. The molecule has 0 spiro atoms. The summed E-state index contributed by atoms with van der Waals surface area (Å²) >= 11 is 7.10. The minimum absolute atomic E-state index is 0.234. The molecule has 0 saturated carbocycles. The Bertz CT molecular complexity index is 1180. The number of nitrogens with one attached hydrogen (secondary N) is 3. The Morgan fingerprint density at radius 3 is 2.54 bits per heavy atom. The third-order valence-electron chi connectivity index (χ3n) is 4.21. The Morgan fingerprint density at radius 1 is 1.04 bits per heavy atom. The number of aromatic amines is 1. The van der Waals surface area contributed by atoms with E-state index in [0.717, 1.165) is 5.56 Å². The molecule has 0 aliphatic carbocycles. The Labute approximate surface area is 169 Å². The average Bonchev–Trinajstić information content (AvgIpc) is 3.26. The van der Waals surface area contributed by atoms with Crippen molar-refractivity contribution < 1.29 is 9.59 Å². The van der Waals surface area contributed by atoms with Gasteiger partial charge in [0.05, 0.1) is 10.3 Å². The first-order valence-corrected chi connectivity index (χ1v) is 9.62. The van der Waals surface area contributed by atoms with Gasteiger partial charge in [-0.2, -0.15) is 5.10 Å². The van der Waals surface area contributed by atoms with Gasteiger partial charge < -0.3 is 10.6 Å². The van der Waals surface area contributed by atoms with Crippen LogP contribution >= 0.6 is 22.9 Å². The summed E-state index contributed by atoms with van der Waals surface area (Å²) in [6.07, 6.45) is 0. The molecule has 2 amide bonds. The number of fused-ring (bicyclic) bond motifs is 1. The molecule has 0 aliphatic heterocycles. The summed E-state index contributed by atoms with van der Waals surface area (Å²) in [5.74, 6) is -0.0198. The Hall–Kier alpha value is -3.16.